The molecule has 0 spiro atoms. The summed E-state index contributed by atoms with van der Waals surface area (Å²) >= 11 is 0. The van der Waals surface area contributed by atoms with Gasteiger partial charge < -0.3 is 11.5 Å². The first-order valence-electron chi connectivity index (χ1n) is 22.9. The number of hydrogen-bond donors (Lipinski definition) is 2. The monoisotopic (exact) mass is 743 g/mol. The molecule has 2 unspecified atom stereocenters. The van der Waals surface area contributed by atoms with Crippen molar-refractivity contribution in [3.05, 3.63) is 130 Å². The molecule has 0 fully saturated rings. The first-order valence-corrected chi connectivity index (χ1v) is 22.9. The summed E-state index contributed by atoms with van der Waals surface area (Å²) in [5.41, 5.74) is 22.5. The lowest BCUT2D eigenvalue weighted by Crippen LogP contribution is -2.06. The van der Waals surface area contributed by atoms with Crippen molar-refractivity contribution < 1.29 is 0 Å². The van der Waals surface area contributed by atoms with E-state index in [0.717, 1.165) is 11.4 Å². The molecular weight excluding hydrogens is 665 g/mol. The molecule has 0 aliphatic carbocycles. The summed E-state index contributed by atoms with van der Waals surface area (Å²) in [6.45, 7) is 6.91. The molecule has 0 aliphatic heterocycles. The smallest absolute Gasteiger partial charge is 0.0314 e. The van der Waals surface area contributed by atoms with Crippen LogP contribution in [0.2, 0.25) is 0 Å². The maximum atomic E-state index is 6.13. The fraction of sp³-hybridized carbons (Fsp3) is 0.547. The fourth-order valence-electron chi connectivity index (χ4n) is 8.70. The molecule has 0 aromatic heterocycles. The predicted molar refractivity (Wildman–Crippen MR) is 243 cm³/mol. The molecule has 0 amide bonds. The summed E-state index contributed by atoms with van der Waals surface area (Å²) in [6, 6.07) is 36.9. The van der Waals surface area contributed by atoms with Gasteiger partial charge in [0.2, 0.25) is 0 Å². The number of nitrogens with two attached hydrogens (primary N) is 2. The van der Waals surface area contributed by atoms with Gasteiger partial charge >= 0.3 is 0 Å². The summed E-state index contributed by atoms with van der Waals surface area (Å²) in [7, 11) is 0. The van der Waals surface area contributed by atoms with E-state index in [-0.39, 0.29) is 0 Å². The maximum absolute atomic E-state index is 6.13. The van der Waals surface area contributed by atoms with Gasteiger partial charge in [-0.15, -0.1) is 0 Å². The molecule has 0 saturated heterocycles. The standard InChI is InChI=1S/C53H78N2/c1-4-7-10-13-15-17-19-22-25-52(47-35-39-49(54)40-36-47)45-31-27-43(28-32-45)51(24-21-12-9-6-3)44-29-33-46(34-30-44)53(48-37-41-50(55)42-38-48)26-23-20-18-16-14-11-8-5-2/h27-42,51-53H,4-26,54-55H2,1-3H3. The quantitative estimate of drug-likeness (QED) is 0.0430. The number of hydrogen-bond acceptors (Lipinski definition) is 2. The molecule has 0 bridgehead atoms. The van der Waals surface area contributed by atoms with Crippen molar-refractivity contribution >= 4 is 11.4 Å². The minimum Gasteiger partial charge on any atom is -0.399 e. The van der Waals surface area contributed by atoms with Crippen LogP contribution in [0.4, 0.5) is 11.4 Å². The van der Waals surface area contributed by atoms with Gasteiger partial charge in [0, 0.05) is 29.1 Å². The first-order chi connectivity index (χ1) is 27.0. The number of benzene rings is 4. The van der Waals surface area contributed by atoms with Gasteiger partial charge in [-0.25, -0.2) is 0 Å². The second kappa shape index (κ2) is 26.4. The Balaban J connectivity index is 1.49. The molecule has 0 aliphatic rings. The Kier molecular flexibility index (Phi) is 21.2. The van der Waals surface area contributed by atoms with Crippen molar-refractivity contribution in [1.29, 1.82) is 0 Å². The highest BCUT2D eigenvalue weighted by Gasteiger charge is 2.20. The Morgan fingerprint density at radius 2 is 0.455 bits per heavy atom. The van der Waals surface area contributed by atoms with Gasteiger partial charge in [0.25, 0.3) is 0 Å². The van der Waals surface area contributed by atoms with Crippen LogP contribution in [0.3, 0.4) is 0 Å². The third-order valence-corrected chi connectivity index (χ3v) is 12.2. The lowest BCUT2D eigenvalue weighted by atomic mass is 9.81. The van der Waals surface area contributed by atoms with Gasteiger partial charge in [0.1, 0.15) is 0 Å². The zero-order valence-electron chi connectivity index (χ0n) is 35.4. The van der Waals surface area contributed by atoms with Gasteiger partial charge in [-0.1, -0.05) is 222 Å². The molecule has 2 heteroatoms. The Bertz CT molecular complexity index is 1410. The molecule has 0 saturated carbocycles. The highest BCUT2D eigenvalue weighted by molar-refractivity contribution is 5.45. The number of nitrogen functional groups attached to an aromatic ring is 2. The van der Waals surface area contributed by atoms with Gasteiger partial charge in [-0.2, -0.15) is 0 Å². The molecule has 0 heterocycles. The second-order valence-corrected chi connectivity index (χ2v) is 16.7. The molecule has 0 radical (unpaired) electrons. The molecular formula is C53H78N2. The van der Waals surface area contributed by atoms with Crippen LogP contribution in [-0.2, 0) is 0 Å². The number of anilines is 2. The maximum Gasteiger partial charge on any atom is 0.0314 e. The predicted octanol–water partition coefficient (Wildman–Crippen LogP) is 16.3. The third-order valence-electron chi connectivity index (χ3n) is 12.2. The molecule has 4 aromatic rings. The van der Waals surface area contributed by atoms with E-state index < -0.39 is 0 Å². The lowest BCUT2D eigenvalue weighted by molar-refractivity contribution is 0.551. The molecule has 2 nitrogen and oxygen atoms in total. The fourth-order valence-corrected chi connectivity index (χ4v) is 8.70. The van der Waals surface area contributed by atoms with E-state index in [1.54, 1.807) is 0 Å². The van der Waals surface area contributed by atoms with Crippen LogP contribution in [0.15, 0.2) is 97.1 Å². The van der Waals surface area contributed by atoms with Gasteiger partial charge in [-0.05, 0) is 76.9 Å². The Morgan fingerprint density at radius 1 is 0.273 bits per heavy atom. The van der Waals surface area contributed by atoms with Crippen LogP contribution in [0.25, 0.3) is 0 Å². The van der Waals surface area contributed by atoms with Crippen molar-refractivity contribution in [1.82, 2.24) is 0 Å². The third kappa shape index (κ3) is 15.9. The van der Waals surface area contributed by atoms with E-state index in [9.17, 15) is 0 Å². The zero-order chi connectivity index (χ0) is 38.9. The summed E-state index contributed by atoms with van der Waals surface area (Å²) < 4.78 is 0. The lowest BCUT2D eigenvalue weighted by Gasteiger charge is -2.23. The van der Waals surface area contributed by atoms with Crippen LogP contribution in [0, 0.1) is 0 Å². The van der Waals surface area contributed by atoms with E-state index in [2.05, 4.69) is 118 Å². The topological polar surface area (TPSA) is 52.0 Å². The largest absolute Gasteiger partial charge is 0.399 e. The summed E-state index contributed by atoms with van der Waals surface area (Å²) in [4.78, 5) is 0. The number of rotatable bonds is 29. The highest BCUT2D eigenvalue weighted by Crippen LogP contribution is 2.37. The van der Waals surface area contributed by atoms with Gasteiger partial charge in [0.05, 0.1) is 0 Å². The molecule has 300 valence electrons. The molecule has 4 aromatic carbocycles. The molecule has 2 atom stereocenters. The van der Waals surface area contributed by atoms with Crippen molar-refractivity contribution in [2.45, 2.75) is 186 Å². The second-order valence-electron chi connectivity index (χ2n) is 16.7. The van der Waals surface area contributed by atoms with E-state index in [1.807, 2.05) is 0 Å². The Morgan fingerprint density at radius 3 is 0.691 bits per heavy atom. The average Bonchev–Trinajstić information content (AvgIpc) is 3.21. The van der Waals surface area contributed by atoms with E-state index in [4.69, 9.17) is 11.5 Å². The highest BCUT2D eigenvalue weighted by atomic mass is 14.5. The first kappa shape index (κ1) is 44.2. The minimum absolute atomic E-state index is 0.406. The zero-order valence-corrected chi connectivity index (χ0v) is 35.4. The van der Waals surface area contributed by atoms with E-state index >= 15 is 0 Å². The molecule has 4 N–H and O–H groups in total. The van der Waals surface area contributed by atoms with Gasteiger partial charge in [0.15, 0.2) is 0 Å². The van der Waals surface area contributed by atoms with Crippen LogP contribution in [0.5, 0.6) is 0 Å². The molecule has 55 heavy (non-hydrogen) atoms. The number of unbranched alkanes of at least 4 members (excludes halogenated alkanes) is 17. The van der Waals surface area contributed by atoms with Crippen LogP contribution in [-0.4, -0.2) is 0 Å². The van der Waals surface area contributed by atoms with Crippen molar-refractivity contribution in [3.63, 3.8) is 0 Å². The normalized spacial score (nSPS) is 13.1. The minimum atomic E-state index is 0.406. The molecule has 4 rings (SSSR count). The average molecular weight is 743 g/mol. The van der Waals surface area contributed by atoms with Crippen molar-refractivity contribution in [3.8, 4) is 0 Å². The summed E-state index contributed by atoms with van der Waals surface area (Å²) in [5, 5.41) is 0. The van der Waals surface area contributed by atoms with Crippen molar-refractivity contribution in [2.24, 2.45) is 0 Å². The van der Waals surface area contributed by atoms with E-state index in [1.165, 1.54) is 181 Å². The van der Waals surface area contributed by atoms with Crippen LogP contribution in [0.1, 0.15) is 220 Å². The SMILES string of the molecule is CCCCCCCCCCC(c1ccc(N)cc1)c1ccc(C(CCCCCC)c2ccc(C(CCCCCCCCCC)c3ccc(N)cc3)cc2)cc1. The summed E-state index contributed by atoms with van der Waals surface area (Å²) in [5.74, 6) is 1.22. The Hall–Kier alpha value is -3.52. The van der Waals surface area contributed by atoms with Crippen molar-refractivity contribution in [2.75, 3.05) is 11.5 Å². The van der Waals surface area contributed by atoms with Crippen LogP contribution < -0.4 is 11.5 Å². The van der Waals surface area contributed by atoms with Crippen LogP contribution >= 0.6 is 0 Å². The van der Waals surface area contributed by atoms with E-state index in [0.29, 0.717) is 17.8 Å². The Labute approximate surface area is 338 Å². The van der Waals surface area contributed by atoms with Gasteiger partial charge in [-0.3, -0.25) is 0 Å². The summed E-state index contributed by atoms with van der Waals surface area (Å²) in [6.07, 6.45) is 30.3.